The highest BCUT2D eigenvalue weighted by Crippen LogP contribution is 2.17. The molecule has 8 nitrogen and oxygen atoms in total. The first-order valence-electron chi connectivity index (χ1n) is 28.2. The summed E-state index contributed by atoms with van der Waals surface area (Å²) in [5, 5.41) is 9.67. The van der Waals surface area contributed by atoms with Gasteiger partial charge in [-0.15, -0.1) is 0 Å². The largest absolute Gasteiger partial charge is 0.477 e. The highest BCUT2D eigenvalue weighted by atomic mass is 16.6. The molecule has 0 saturated heterocycles. The molecule has 0 aliphatic heterocycles. The zero-order valence-corrected chi connectivity index (χ0v) is 44.0. The van der Waals surface area contributed by atoms with E-state index < -0.39 is 18.1 Å². The smallest absolute Gasteiger partial charge is 0.362 e. The van der Waals surface area contributed by atoms with Crippen LogP contribution in [0.2, 0.25) is 0 Å². The number of unbranched alkanes of at least 4 members (excludes halogenated alkanes) is 36. The van der Waals surface area contributed by atoms with Crippen molar-refractivity contribution in [3.63, 3.8) is 0 Å². The molecule has 0 aromatic carbocycles. The SMILES string of the molecule is CCCCCCCCC/C=C\CCCCCCCCCC(=O)OC(COCCC(C(=O)O)[N+](C)(C)C)COC(=O)CCCCCCCCCCCCCCCCCCCCCCCCC. The Bertz CT molecular complexity index is 1070. The quantitative estimate of drug-likeness (QED) is 0.0281. The number of aliphatic carboxylic acids is 1. The predicted octanol–water partition coefficient (Wildman–Crippen LogP) is 16.6. The van der Waals surface area contributed by atoms with Crippen molar-refractivity contribution in [2.24, 2.45) is 0 Å². The average Bonchev–Trinajstić information content (AvgIpc) is 3.27. The van der Waals surface area contributed by atoms with Crippen LogP contribution in [0.15, 0.2) is 12.2 Å². The van der Waals surface area contributed by atoms with Crippen LogP contribution in [0.3, 0.4) is 0 Å². The molecule has 0 spiro atoms. The highest BCUT2D eigenvalue weighted by molar-refractivity contribution is 5.72. The molecule has 2 unspecified atom stereocenters. The van der Waals surface area contributed by atoms with E-state index in [0.717, 1.165) is 38.5 Å². The van der Waals surface area contributed by atoms with Crippen molar-refractivity contribution in [2.45, 2.75) is 296 Å². The Hall–Kier alpha value is -1.93. The van der Waals surface area contributed by atoms with Gasteiger partial charge in [0, 0.05) is 19.3 Å². The first-order valence-corrected chi connectivity index (χ1v) is 28.2. The maximum absolute atomic E-state index is 12.8. The molecule has 0 fully saturated rings. The van der Waals surface area contributed by atoms with Crippen molar-refractivity contribution in [1.29, 1.82) is 0 Å². The normalized spacial score (nSPS) is 12.8. The van der Waals surface area contributed by atoms with Gasteiger partial charge in [-0.3, -0.25) is 9.59 Å². The standard InChI is InChI=1S/C57H109NO7/c1-6-8-10-12-14-16-18-20-22-24-26-27-28-29-30-32-33-35-37-39-41-43-45-47-55(59)64-52-53(51-63-50-49-54(57(61)62)58(3,4)5)65-56(60)48-46-44-42-40-38-36-34-31-25-23-21-19-17-15-13-11-9-7-2/h23,25,53-54H,6-22,24,26-52H2,1-5H3/p+1/b25-23-. The number of hydrogen-bond donors (Lipinski definition) is 1. The Morgan fingerprint density at radius 3 is 1.11 bits per heavy atom. The molecular weight excluding hydrogens is 811 g/mol. The summed E-state index contributed by atoms with van der Waals surface area (Å²) in [6.07, 6.45) is 55.6. The lowest BCUT2D eigenvalue weighted by Crippen LogP contribution is -2.50. The second-order valence-corrected chi connectivity index (χ2v) is 20.6. The van der Waals surface area contributed by atoms with Gasteiger partial charge in [-0.25, -0.2) is 4.79 Å². The Morgan fingerprint density at radius 1 is 0.446 bits per heavy atom. The molecule has 8 heteroatoms. The second kappa shape index (κ2) is 48.5. The fraction of sp³-hybridized carbons (Fsp3) is 0.912. The van der Waals surface area contributed by atoms with Gasteiger partial charge in [0.25, 0.3) is 0 Å². The van der Waals surface area contributed by atoms with Gasteiger partial charge in [-0.1, -0.05) is 238 Å². The molecule has 0 amide bonds. The van der Waals surface area contributed by atoms with E-state index in [-0.39, 0.29) is 36.2 Å². The average molecular weight is 922 g/mol. The lowest BCUT2D eigenvalue weighted by Gasteiger charge is -2.31. The van der Waals surface area contributed by atoms with E-state index in [1.165, 1.54) is 212 Å². The summed E-state index contributed by atoms with van der Waals surface area (Å²) in [4.78, 5) is 37.2. The minimum atomic E-state index is -0.870. The number of nitrogens with zero attached hydrogens (tertiary/aromatic N) is 1. The van der Waals surface area contributed by atoms with Crippen molar-refractivity contribution in [2.75, 3.05) is 41.0 Å². The fourth-order valence-corrected chi connectivity index (χ4v) is 8.80. The van der Waals surface area contributed by atoms with Crippen molar-refractivity contribution < 1.29 is 38.2 Å². The molecule has 0 saturated carbocycles. The maximum Gasteiger partial charge on any atom is 0.362 e. The number of esters is 2. The van der Waals surface area contributed by atoms with Gasteiger partial charge >= 0.3 is 17.9 Å². The lowest BCUT2D eigenvalue weighted by atomic mass is 10.0. The van der Waals surface area contributed by atoms with Gasteiger partial charge in [0.15, 0.2) is 12.1 Å². The number of quaternary nitrogens is 1. The number of rotatable bonds is 52. The van der Waals surface area contributed by atoms with Gasteiger partial charge in [-0.2, -0.15) is 0 Å². The van der Waals surface area contributed by atoms with Gasteiger partial charge in [0.05, 0.1) is 34.4 Å². The third kappa shape index (κ3) is 46.9. The van der Waals surface area contributed by atoms with Crippen molar-refractivity contribution in [3.8, 4) is 0 Å². The number of allylic oxidation sites excluding steroid dienone is 2. The summed E-state index contributed by atoms with van der Waals surface area (Å²) >= 11 is 0. The molecule has 1 N–H and O–H groups in total. The molecular formula is C57H110NO7+. The summed E-state index contributed by atoms with van der Waals surface area (Å²) in [6, 6.07) is -0.612. The molecule has 0 heterocycles. The van der Waals surface area contributed by atoms with Crippen LogP contribution in [0.4, 0.5) is 0 Å². The number of carboxylic acids is 1. The molecule has 65 heavy (non-hydrogen) atoms. The van der Waals surface area contributed by atoms with Gasteiger partial charge in [0.2, 0.25) is 0 Å². The Morgan fingerprint density at radius 2 is 0.769 bits per heavy atom. The number of ether oxygens (including phenoxy) is 3. The molecule has 0 aromatic heterocycles. The molecule has 0 bridgehead atoms. The number of carbonyl (C=O) groups excluding carboxylic acids is 2. The summed E-state index contributed by atoms with van der Waals surface area (Å²) in [5.41, 5.74) is 0. The molecule has 0 aliphatic rings. The number of hydrogen-bond acceptors (Lipinski definition) is 6. The van der Waals surface area contributed by atoms with Crippen LogP contribution in [-0.2, 0) is 28.6 Å². The minimum absolute atomic E-state index is 0.0457. The highest BCUT2D eigenvalue weighted by Gasteiger charge is 2.31. The van der Waals surface area contributed by atoms with Crippen LogP contribution in [0, 0.1) is 0 Å². The fourth-order valence-electron chi connectivity index (χ4n) is 8.80. The van der Waals surface area contributed by atoms with Crippen LogP contribution in [0.1, 0.15) is 284 Å². The van der Waals surface area contributed by atoms with Crippen LogP contribution in [0.25, 0.3) is 0 Å². The monoisotopic (exact) mass is 921 g/mol. The summed E-state index contributed by atoms with van der Waals surface area (Å²) in [6.45, 7) is 4.79. The zero-order chi connectivity index (χ0) is 47.7. The summed E-state index contributed by atoms with van der Waals surface area (Å²) < 4.78 is 17.4. The van der Waals surface area contributed by atoms with E-state index in [2.05, 4.69) is 26.0 Å². The zero-order valence-electron chi connectivity index (χ0n) is 44.0. The van der Waals surface area contributed by atoms with Crippen molar-refractivity contribution in [3.05, 3.63) is 12.2 Å². The van der Waals surface area contributed by atoms with E-state index in [4.69, 9.17) is 14.2 Å². The van der Waals surface area contributed by atoms with Crippen LogP contribution in [-0.4, -0.2) is 80.6 Å². The molecule has 2 atom stereocenters. The van der Waals surface area contributed by atoms with E-state index in [1.807, 2.05) is 21.1 Å². The Balaban J connectivity index is 4.13. The molecule has 0 rings (SSSR count). The van der Waals surface area contributed by atoms with E-state index in [1.54, 1.807) is 0 Å². The third-order valence-electron chi connectivity index (χ3n) is 13.2. The minimum Gasteiger partial charge on any atom is -0.477 e. The summed E-state index contributed by atoms with van der Waals surface area (Å²) in [7, 11) is 5.55. The summed E-state index contributed by atoms with van der Waals surface area (Å²) in [5.74, 6) is -1.45. The van der Waals surface area contributed by atoms with Crippen LogP contribution in [0.5, 0.6) is 0 Å². The second-order valence-electron chi connectivity index (χ2n) is 20.6. The van der Waals surface area contributed by atoms with E-state index >= 15 is 0 Å². The number of carboxylic acid groups (broad SMARTS) is 1. The van der Waals surface area contributed by atoms with Gasteiger partial charge < -0.3 is 23.8 Å². The van der Waals surface area contributed by atoms with Crippen LogP contribution < -0.4 is 0 Å². The van der Waals surface area contributed by atoms with Gasteiger partial charge in [-0.05, 0) is 38.5 Å². The maximum atomic E-state index is 12.8. The molecule has 0 aromatic rings. The molecule has 0 aliphatic carbocycles. The van der Waals surface area contributed by atoms with E-state index in [9.17, 15) is 19.5 Å². The predicted molar refractivity (Wildman–Crippen MR) is 276 cm³/mol. The van der Waals surface area contributed by atoms with Gasteiger partial charge in [0.1, 0.15) is 6.61 Å². The molecule has 384 valence electrons. The number of carbonyl (C=O) groups is 3. The molecule has 0 radical (unpaired) electrons. The topological polar surface area (TPSA) is 99.1 Å². The van der Waals surface area contributed by atoms with E-state index in [0.29, 0.717) is 19.3 Å². The van der Waals surface area contributed by atoms with Crippen LogP contribution >= 0.6 is 0 Å². The lowest BCUT2D eigenvalue weighted by molar-refractivity contribution is -0.887. The first kappa shape index (κ1) is 63.1. The Kier molecular flexibility index (Phi) is 47.1. The van der Waals surface area contributed by atoms with Crippen molar-refractivity contribution in [1.82, 2.24) is 0 Å². The Labute approximate surface area is 403 Å². The first-order chi connectivity index (χ1) is 31.6. The number of likely N-dealkylation sites (N-methyl/N-ethyl adjacent to an activating group) is 1. The third-order valence-corrected chi connectivity index (χ3v) is 13.2. The van der Waals surface area contributed by atoms with Crippen molar-refractivity contribution >= 4 is 17.9 Å².